The molecule has 1 aliphatic rings. The average molecular weight is 261 g/mol. The third-order valence-corrected chi connectivity index (χ3v) is 3.03. The molecular formula is C14H19N3O2. The lowest BCUT2D eigenvalue weighted by molar-refractivity contribution is -0.111. The van der Waals surface area contributed by atoms with Crippen molar-refractivity contribution in [3.05, 3.63) is 36.4 Å². The fourth-order valence-electron chi connectivity index (χ4n) is 2.09. The average Bonchev–Trinajstić information content (AvgIpc) is 2.75. The molecule has 0 aliphatic carbocycles. The SMILES string of the molecule is Nc1cccc(NC(=O)/C=C/CN2CC[C@H](O)C2)c1. The highest BCUT2D eigenvalue weighted by Gasteiger charge is 2.18. The lowest BCUT2D eigenvalue weighted by Crippen LogP contribution is -2.22. The zero-order valence-electron chi connectivity index (χ0n) is 10.7. The van der Waals surface area contributed by atoms with Gasteiger partial charge in [-0.15, -0.1) is 0 Å². The van der Waals surface area contributed by atoms with Crippen LogP contribution >= 0.6 is 0 Å². The highest BCUT2D eigenvalue weighted by atomic mass is 16.3. The van der Waals surface area contributed by atoms with E-state index in [9.17, 15) is 9.90 Å². The van der Waals surface area contributed by atoms with Gasteiger partial charge in [0.15, 0.2) is 0 Å². The normalized spacial score (nSPS) is 19.9. The Labute approximate surface area is 112 Å². The number of amides is 1. The Balaban J connectivity index is 1.78. The topological polar surface area (TPSA) is 78.6 Å². The number of aliphatic hydroxyl groups is 1. The van der Waals surface area contributed by atoms with Gasteiger partial charge in [-0.2, -0.15) is 0 Å². The van der Waals surface area contributed by atoms with Gasteiger partial charge in [0.05, 0.1) is 6.10 Å². The van der Waals surface area contributed by atoms with Crippen LogP contribution < -0.4 is 11.1 Å². The molecule has 1 heterocycles. The molecule has 4 N–H and O–H groups in total. The van der Waals surface area contributed by atoms with Gasteiger partial charge in [0.1, 0.15) is 0 Å². The smallest absolute Gasteiger partial charge is 0.248 e. The van der Waals surface area contributed by atoms with E-state index in [-0.39, 0.29) is 12.0 Å². The minimum atomic E-state index is -0.227. The van der Waals surface area contributed by atoms with Crippen molar-refractivity contribution in [2.24, 2.45) is 0 Å². The fourth-order valence-corrected chi connectivity index (χ4v) is 2.09. The van der Waals surface area contributed by atoms with Crippen molar-refractivity contribution < 1.29 is 9.90 Å². The van der Waals surface area contributed by atoms with Crippen molar-refractivity contribution in [3.63, 3.8) is 0 Å². The van der Waals surface area contributed by atoms with Crippen molar-refractivity contribution >= 4 is 17.3 Å². The molecule has 1 atom stereocenters. The third kappa shape index (κ3) is 4.39. The molecule has 0 bridgehead atoms. The molecule has 5 heteroatoms. The summed E-state index contributed by atoms with van der Waals surface area (Å²) < 4.78 is 0. The largest absolute Gasteiger partial charge is 0.399 e. The zero-order valence-corrected chi connectivity index (χ0v) is 10.7. The van der Waals surface area contributed by atoms with E-state index in [2.05, 4.69) is 10.2 Å². The van der Waals surface area contributed by atoms with Crippen LogP contribution in [-0.4, -0.2) is 41.7 Å². The van der Waals surface area contributed by atoms with E-state index in [0.29, 0.717) is 24.5 Å². The second-order valence-corrected chi connectivity index (χ2v) is 4.72. The van der Waals surface area contributed by atoms with Crippen LogP contribution in [0.1, 0.15) is 6.42 Å². The van der Waals surface area contributed by atoms with Crippen LogP contribution in [0.2, 0.25) is 0 Å². The van der Waals surface area contributed by atoms with Crippen LogP contribution in [0, 0.1) is 0 Å². The van der Waals surface area contributed by atoms with Crippen molar-refractivity contribution in [1.82, 2.24) is 4.90 Å². The van der Waals surface area contributed by atoms with Gasteiger partial charge >= 0.3 is 0 Å². The standard InChI is InChI=1S/C14H19N3O2/c15-11-3-1-4-12(9-11)16-14(19)5-2-7-17-8-6-13(18)10-17/h1-5,9,13,18H,6-8,10,15H2,(H,16,19)/b5-2+/t13-/m0/s1. The van der Waals surface area contributed by atoms with E-state index in [1.807, 2.05) is 0 Å². The maximum absolute atomic E-state index is 11.7. The molecule has 0 radical (unpaired) electrons. The van der Waals surface area contributed by atoms with Crippen LogP contribution in [0.25, 0.3) is 0 Å². The quantitative estimate of drug-likeness (QED) is 0.554. The van der Waals surface area contributed by atoms with Crippen LogP contribution in [0.3, 0.4) is 0 Å². The van der Waals surface area contributed by atoms with Crippen molar-refractivity contribution in [2.75, 3.05) is 30.7 Å². The number of anilines is 2. The molecule has 0 unspecified atom stereocenters. The maximum Gasteiger partial charge on any atom is 0.248 e. The molecule has 5 nitrogen and oxygen atoms in total. The minimum absolute atomic E-state index is 0.176. The summed E-state index contributed by atoms with van der Waals surface area (Å²) in [5.41, 5.74) is 6.94. The molecule has 0 spiro atoms. The molecule has 102 valence electrons. The Kier molecular flexibility index (Phi) is 4.54. The minimum Gasteiger partial charge on any atom is -0.399 e. The number of rotatable bonds is 4. The predicted molar refractivity (Wildman–Crippen MR) is 75.7 cm³/mol. The summed E-state index contributed by atoms with van der Waals surface area (Å²) in [5.74, 6) is -0.176. The number of hydrogen-bond donors (Lipinski definition) is 3. The Hall–Kier alpha value is -1.85. The van der Waals surface area contributed by atoms with Gasteiger partial charge in [0.25, 0.3) is 0 Å². The molecule has 0 saturated carbocycles. The number of nitrogens with zero attached hydrogens (tertiary/aromatic N) is 1. The zero-order chi connectivity index (χ0) is 13.7. The van der Waals surface area contributed by atoms with Gasteiger partial charge in [-0.1, -0.05) is 12.1 Å². The van der Waals surface area contributed by atoms with Crippen molar-refractivity contribution in [1.29, 1.82) is 0 Å². The second kappa shape index (κ2) is 6.36. The monoisotopic (exact) mass is 261 g/mol. The lowest BCUT2D eigenvalue weighted by atomic mass is 10.3. The summed E-state index contributed by atoms with van der Waals surface area (Å²) in [6.07, 6.45) is 3.89. The summed E-state index contributed by atoms with van der Waals surface area (Å²) in [6, 6.07) is 7.06. The second-order valence-electron chi connectivity index (χ2n) is 4.72. The van der Waals surface area contributed by atoms with Crippen LogP contribution in [0.15, 0.2) is 36.4 Å². The van der Waals surface area contributed by atoms with Crippen LogP contribution in [-0.2, 0) is 4.79 Å². The molecular weight excluding hydrogens is 242 g/mol. The highest BCUT2D eigenvalue weighted by Crippen LogP contribution is 2.11. The number of carbonyl (C=O) groups is 1. The van der Waals surface area contributed by atoms with E-state index in [4.69, 9.17) is 5.73 Å². The summed E-state index contributed by atoms with van der Waals surface area (Å²) in [7, 11) is 0. The Morgan fingerprint density at radius 2 is 2.42 bits per heavy atom. The first kappa shape index (κ1) is 13.6. The summed E-state index contributed by atoms with van der Waals surface area (Å²) >= 11 is 0. The van der Waals surface area contributed by atoms with Gasteiger partial charge in [-0.3, -0.25) is 9.69 Å². The van der Waals surface area contributed by atoms with E-state index in [1.165, 1.54) is 6.08 Å². The van der Waals surface area contributed by atoms with Gasteiger partial charge in [0, 0.05) is 37.1 Å². The summed E-state index contributed by atoms with van der Waals surface area (Å²) in [4.78, 5) is 13.8. The number of aliphatic hydroxyl groups excluding tert-OH is 1. The van der Waals surface area contributed by atoms with Crippen molar-refractivity contribution in [2.45, 2.75) is 12.5 Å². The first-order chi connectivity index (χ1) is 9.13. The molecule has 19 heavy (non-hydrogen) atoms. The van der Waals surface area contributed by atoms with Gasteiger partial charge < -0.3 is 16.2 Å². The molecule has 2 rings (SSSR count). The molecule has 1 aromatic carbocycles. The van der Waals surface area contributed by atoms with E-state index in [1.54, 1.807) is 30.3 Å². The first-order valence-corrected chi connectivity index (χ1v) is 6.37. The highest BCUT2D eigenvalue weighted by molar-refractivity contribution is 5.99. The Morgan fingerprint density at radius 1 is 1.58 bits per heavy atom. The van der Waals surface area contributed by atoms with Crippen LogP contribution in [0.5, 0.6) is 0 Å². The predicted octanol–water partition coefficient (Wildman–Crippen LogP) is 0.830. The number of carbonyl (C=O) groups excluding carboxylic acids is 1. The number of nitrogens with one attached hydrogen (secondary N) is 1. The number of hydrogen-bond acceptors (Lipinski definition) is 4. The third-order valence-electron chi connectivity index (χ3n) is 3.03. The maximum atomic E-state index is 11.7. The number of likely N-dealkylation sites (tertiary alicyclic amines) is 1. The van der Waals surface area contributed by atoms with Gasteiger partial charge in [-0.05, 0) is 24.6 Å². The molecule has 1 fully saturated rings. The van der Waals surface area contributed by atoms with Crippen LogP contribution in [0.4, 0.5) is 11.4 Å². The number of nitrogens with two attached hydrogens (primary N) is 1. The summed E-state index contributed by atoms with van der Waals surface area (Å²) in [5, 5.41) is 12.1. The lowest BCUT2D eigenvalue weighted by Gasteiger charge is -2.11. The number of benzene rings is 1. The molecule has 1 amide bonds. The van der Waals surface area contributed by atoms with E-state index < -0.39 is 0 Å². The Bertz CT molecular complexity index is 474. The van der Waals surface area contributed by atoms with E-state index in [0.717, 1.165) is 13.0 Å². The van der Waals surface area contributed by atoms with Gasteiger partial charge in [0.2, 0.25) is 5.91 Å². The molecule has 0 aromatic heterocycles. The molecule has 1 aliphatic heterocycles. The number of nitrogen functional groups attached to an aromatic ring is 1. The first-order valence-electron chi connectivity index (χ1n) is 6.37. The Morgan fingerprint density at radius 3 is 3.11 bits per heavy atom. The fraction of sp³-hybridized carbons (Fsp3) is 0.357. The molecule has 1 aromatic rings. The molecule has 1 saturated heterocycles. The van der Waals surface area contributed by atoms with Gasteiger partial charge in [-0.25, -0.2) is 0 Å². The van der Waals surface area contributed by atoms with Crippen molar-refractivity contribution in [3.8, 4) is 0 Å². The number of β-amino-alcohol motifs (C(OH)–C–C–N with tert-alkyl or cyclic N) is 1. The van der Waals surface area contributed by atoms with E-state index >= 15 is 0 Å². The summed E-state index contributed by atoms with van der Waals surface area (Å²) in [6.45, 7) is 2.24.